The Hall–Kier alpha value is -3.20. The number of amides is 1. The summed E-state index contributed by atoms with van der Waals surface area (Å²) in [6.07, 6.45) is 1.47. The van der Waals surface area contributed by atoms with Crippen molar-refractivity contribution in [2.75, 3.05) is 7.05 Å². The zero-order chi connectivity index (χ0) is 22.0. The van der Waals surface area contributed by atoms with Gasteiger partial charge in [-0.25, -0.2) is 14.3 Å². The van der Waals surface area contributed by atoms with Crippen molar-refractivity contribution in [3.8, 4) is 0 Å². The molecule has 1 N–H and O–H groups in total. The SMILES string of the molecule is CC(C)N(C)Cc1ccccc1CNC(=O)Cn1c(=O)c2c(ncn2C)n(C)c1=O. The van der Waals surface area contributed by atoms with Gasteiger partial charge in [0.2, 0.25) is 5.91 Å². The third-order valence-electron chi connectivity index (χ3n) is 5.40. The molecule has 0 saturated heterocycles. The lowest BCUT2D eigenvalue weighted by Crippen LogP contribution is -2.43. The fraction of sp³-hybridized carbons (Fsp3) is 0.429. The molecule has 9 nitrogen and oxygen atoms in total. The normalized spacial score (nSPS) is 11.6. The lowest BCUT2D eigenvalue weighted by Gasteiger charge is -2.22. The summed E-state index contributed by atoms with van der Waals surface area (Å²) in [5, 5.41) is 2.83. The standard InChI is InChI=1S/C21H28N6O3/c1-14(2)24(3)11-16-9-7-6-8-15(16)10-22-17(28)12-27-20(29)18-19(23-13-25(18)4)26(5)21(27)30/h6-9,13-14H,10-12H2,1-5H3,(H,22,28). The van der Waals surface area contributed by atoms with E-state index < -0.39 is 17.2 Å². The lowest BCUT2D eigenvalue weighted by molar-refractivity contribution is -0.121. The minimum absolute atomic E-state index is 0.284. The van der Waals surface area contributed by atoms with Crippen LogP contribution in [0.3, 0.4) is 0 Å². The van der Waals surface area contributed by atoms with Crippen LogP contribution in [0.2, 0.25) is 0 Å². The van der Waals surface area contributed by atoms with Crippen LogP contribution in [-0.2, 0) is 38.5 Å². The number of nitrogens with one attached hydrogen (secondary N) is 1. The number of benzene rings is 1. The van der Waals surface area contributed by atoms with Crippen molar-refractivity contribution < 1.29 is 4.79 Å². The maximum Gasteiger partial charge on any atom is 0.332 e. The second kappa shape index (κ2) is 8.66. The van der Waals surface area contributed by atoms with Crippen molar-refractivity contribution in [2.45, 2.75) is 39.5 Å². The highest BCUT2D eigenvalue weighted by Gasteiger charge is 2.17. The Labute approximate surface area is 174 Å². The van der Waals surface area contributed by atoms with Crippen LogP contribution in [0.4, 0.5) is 0 Å². The number of aryl methyl sites for hydroxylation is 2. The molecule has 9 heteroatoms. The molecule has 160 valence electrons. The average molecular weight is 412 g/mol. The van der Waals surface area contributed by atoms with Gasteiger partial charge in [-0.3, -0.25) is 19.1 Å². The number of fused-ring (bicyclic) bond motifs is 1. The third-order valence-corrected chi connectivity index (χ3v) is 5.40. The Balaban J connectivity index is 1.78. The molecule has 0 aliphatic carbocycles. The Kier molecular flexibility index (Phi) is 6.21. The van der Waals surface area contributed by atoms with Crippen molar-refractivity contribution in [3.05, 3.63) is 62.6 Å². The molecule has 0 bridgehead atoms. The maximum atomic E-state index is 12.7. The van der Waals surface area contributed by atoms with Crippen molar-refractivity contribution in [2.24, 2.45) is 14.1 Å². The van der Waals surface area contributed by atoms with E-state index >= 15 is 0 Å². The minimum Gasteiger partial charge on any atom is -0.350 e. The van der Waals surface area contributed by atoms with E-state index in [2.05, 4.69) is 36.1 Å². The molecule has 2 aromatic heterocycles. The van der Waals surface area contributed by atoms with Gasteiger partial charge in [0.15, 0.2) is 11.2 Å². The molecule has 0 unspecified atom stereocenters. The van der Waals surface area contributed by atoms with E-state index in [1.165, 1.54) is 17.9 Å². The molecular formula is C21H28N6O3. The quantitative estimate of drug-likeness (QED) is 0.613. The highest BCUT2D eigenvalue weighted by atomic mass is 16.2. The largest absolute Gasteiger partial charge is 0.350 e. The van der Waals surface area contributed by atoms with Gasteiger partial charge in [0.25, 0.3) is 5.56 Å². The molecule has 3 rings (SSSR count). The molecule has 0 saturated carbocycles. The van der Waals surface area contributed by atoms with Gasteiger partial charge >= 0.3 is 5.69 Å². The number of hydrogen-bond acceptors (Lipinski definition) is 5. The number of rotatable bonds is 7. The number of imidazole rings is 1. The Morgan fingerprint density at radius 3 is 2.50 bits per heavy atom. The van der Waals surface area contributed by atoms with Gasteiger partial charge in [0.05, 0.1) is 6.33 Å². The summed E-state index contributed by atoms with van der Waals surface area (Å²) in [5.74, 6) is -0.400. The van der Waals surface area contributed by atoms with Gasteiger partial charge in [0.1, 0.15) is 6.54 Å². The van der Waals surface area contributed by atoms with Crippen LogP contribution in [0.15, 0.2) is 40.2 Å². The van der Waals surface area contributed by atoms with E-state index in [0.717, 1.165) is 22.2 Å². The number of hydrogen-bond donors (Lipinski definition) is 1. The number of nitrogens with zero attached hydrogens (tertiary/aromatic N) is 5. The predicted octanol–water partition coefficient (Wildman–Crippen LogP) is 0.590. The summed E-state index contributed by atoms with van der Waals surface area (Å²) in [5.41, 5.74) is 1.61. The van der Waals surface area contributed by atoms with Crippen molar-refractivity contribution in [1.82, 2.24) is 28.9 Å². The van der Waals surface area contributed by atoms with Crippen molar-refractivity contribution in [1.29, 1.82) is 0 Å². The van der Waals surface area contributed by atoms with Gasteiger partial charge in [-0.2, -0.15) is 0 Å². The summed E-state index contributed by atoms with van der Waals surface area (Å²) in [6.45, 7) is 4.99. The van der Waals surface area contributed by atoms with Crippen LogP contribution >= 0.6 is 0 Å². The summed E-state index contributed by atoms with van der Waals surface area (Å²) in [6, 6.07) is 8.31. The molecule has 3 aromatic rings. The van der Waals surface area contributed by atoms with Gasteiger partial charge in [-0.1, -0.05) is 24.3 Å². The summed E-state index contributed by atoms with van der Waals surface area (Å²) >= 11 is 0. The summed E-state index contributed by atoms with van der Waals surface area (Å²) in [7, 11) is 5.26. The lowest BCUT2D eigenvalue weighted by atomic mass is 10.1. The summed E-state index contributed by atoms with van der Waals surface area (Å²) < 4.78 is 3.77. The van der Waals surface area contributed by atoms with Crippen LogP contribution in [-0.4, -0.2) is 42.6 Å². The van der Waals surface area contributed by atoms with E-state index in [1.807, 2.05) is 24.3 Å². The molecule has 0 radical (unpaired) electrons. The molecule has 30 heavy (non-hydrogen) atoms. The fourth-order valence-corrected chi connectivity index (χ4v) is 3.26. The van der Waals surface area contributed by atoms with E-state index in [9.17, 15) is 14.4 Å². The first-order valence-electron chi connectivity index (χ1n) is 9.85. The molecule has 0 aliphatic heterocycles. The second-order valence-electron chi connectivity index (χ2n) is 7.81. The molecule has 2 heterocycles. The van der Waals surface area contributed by atoms with Crippen LogP contribution in [0.5, 0.6) is 0 Å². The summed E-state index contributed by atoms with van der Waals surface area (Å²) in [4.78, 5) is 44.1. The van der Waals surface area contributed by atoms with Crippen molar-refractivity contribution in [3.63, 3.8) is 0 Å². The molecule has 1 aromatic carbocycles. The minimum atomic E-state index is -0.569. The first kappa shape index (κ1) is 21.5. The smallest absolute Gasteiger partial charge is 0.332 e. The average Bonchev–Trinajstić information content (AvgIpc) is 3.10. The molecule has 1 amide bonds. The van der Waals surface area contributed by atoms with Gasteiger partial charge in [-0.15, -0.1) is 0 Å². The van der Waals surface area contributed by atoms with Crippen molar-refractivity contribution >= 4 is 17.1 Å². The monoisotopic (exact) mass is 412 g/mol. The highest BCUT2D eigenvalue weighted by molar-refractivity contribution is 5.76. The number of carbonyl (C=O) groups is 1. The van der Waals surface area contributed by atoms with E-state index in [4.69, 9.17) is 0 Å². The van der Waals surface area contributed by atoms with Crippen LogP contribution in [0, 0.1) is 0 Å². The number of carbonyl (C=O) groups excluding carboxylic acids is 1. The third kappa shape index (κ3) is 4.20. The topological polar surface area (TPSA) is 94.2 Å². The maximum absolute atomic E-state index is 12.7. The molecule has 0 atom stereocenters. The Morgan fingerprint density at radius 1 is 1.17 bits per heavy atom. The van der Waals surface area contributed by atoms with E-state index in [-0.39, 0.29) is 12.1 Å². The van der Waals surface area contributed by atoms with Gasteiger partial charge in [0, 0.05) is 33.2 Å². The molecule has 0 spiro atoms. The predicted molar refractivity (Wildman–Crippen MR) is 115 cm³/mol. The van der Waals surface area contributed by atoms with Crippen LogP contribution in [0.1, 0.15) is 25.0 Å². The second-order valence-corrected chi connectivity index (χ2v) is 7.81. The first-order valence-corrected chi connectivity index (χ1v) is 9.85. The Bertz CT molecular complexity index is 1190. The van der Waals surface area contributed by atoms with E-state index in [0.29, 0.717) is 18.2 Å². The fourth-order valence-electron chi connectivity index (χ4n) is 3.26. The zero-order valence-electron chi connectivity index (χ0n) is 18.0. The van der Waals surface area contributed by atoms with Crippen LogP contribution in [0.25, 0.3) is 11.2 Å². The highest BCUT2D eigenvalue weighted by Crippen LogP contribution is 2.12. The van der Waals surface area contributed by atoms with Gasteiger partial charge < -0.3 is 9.88 Å². The zero-order valence-corrected chi connectivity index (χ0v) is 18.0. The van der Waals surface area contributed by atoms with E-state index in [1.54, 1.807) is 11.6 Å². The molecule has 0 fully saturated rings. The number of aromatic nitrogens is 4. The molecular weight excluding hydrogens is 384 g/mol. The van der Waals surface area contributed by atoms with Gasteiger partial charge in [-0.05, 0) is 32.0 Å². The Morgan fingerprint density at radius 2 is 1.83 bits per heavy atom. The first-order chi connectivity index (χ1) is 14.2. The molecule has 0 aliphatic rings. The van der Waals surface area contributed by atoms with Crippen LogP contribution < -0.4 is 16.6 Å².